The highest BCUT2D eigenvalue weighted by Crippen LogP contribution is 2.21. The van der Waals surface area contributed by atoms with E-state index in [0.29, 0.717) is 13.0 Å². The minimum absolute atomic E-state index is 0.0935. The van der Waals surface area contributed by atoms with Crippen LogP contribution in [0.5, 0.6) is 0 Å². The number of hydrogen-bond donors (Lipinski definition) is 2. The summed E-state index contributed by atoms with van der Waals surface area (Å²) in [6.45, 7) is 6.01. The van der Waals surface area contributed by atoms with Crippen LogP contribution in [0.1, 0.15) is 46.5 Å². The van der Waals surface area contributed by atoms with Crippen molar-refractivity contribution < 1.29 is 18.0 Å². The molecule has 1 amide bonds. The van der Waals surface area contributed by atoms with Gasteiger partial charge in [0, 0.05) is 12.5 Å². The summed E-state index contributed by atoms with van der Waals surface area (Å²) in [6, 6.07) is -0.253. The highest BCUT2D eigenvalue weighted by atomic mass is 19.4. The van der Waals surface area contributed by atoms with Gasteiger partial charge >= 0.3 is 6.18 Å². The summed E-state index contributed by atoms with van der Waals surface area (Å²) in [5, 5.41) is 5.73. The SMILES string of the molecule is CCC(C)NC(=O)C(C)NCCCCC(F)(F)F. The molecule has 2 N–H and O–H groups in total. The molecule has 0 aromatic rings. The zero-order chi connectivity index (χ0) is 14.2. The molecule has 0 aromatic carbocycles. The summed E-state index contributed by atoms with van der Waals surface area (Å²) in [7, 11) is 0. The highest BCUT2D eigenvalue weighted by Gasteiger charge is 2.25. The van der Waals surface area contributed by atoms with Crippen LogP contribution >= 0.6 is 0 Å². The van der Waals surface area contributed by atoms with Gasteiger partial charge in [-0.3, -0.25) is 4.79 Å². The Bertz CT molecular complexity index is 244. The molecule has 0 aliphatic heterocycles. The zero-order valence-electron chi connectivity index (χ0n) is 11.2. The van der Waals surface area contributed by atoms with Crippen LogP contribution in [0.15, 0.2) is 0 Å². The van der Waals surface area contributed by atoms with Crippen LogP contribution in [0.3, 0.4) is 0 Å². The molecule has 3 nitrogen and oxygen atoms in total. The molecule has 0 spiro atoms. The highest BCUT2D eigenvalue weighted by molar-refractivity contribution is 5.81. The molecule has 0 bridgehead atoms. The van der Waals surface area contributed by atoms with E-state index in [9.17, 15) is 18.0 Å². The average Bonchev–Trinajstić information content (AvgIpc) is 2.26. The molecule has 0 saturated heterocycles. The maximum absolute atomic E-state index is 11.9. The molecule has 0 heterocycles. The smallest absolute Gasteiger partial charge is 0.352 e. The quantitative estimate of drug-likeness (QED) is 0.664. The Kier molecular flexibility index (Phi) is 7.98. The van der Waals surface area contributed by atoms with Gasteiger partial charge in [0.25, 0.3) is 0 Å². The van der Waals surface area contributed by atoms with Gasteiger partial charge in [0.2, 0.25) is 5.91 Å². The molecule has 0 radical (unpaired) electrons. The Hall–Kier alpha value is -0.780. The number of nitrogens with one attached hydrogen (secondary N) is 2. The predicted molar refractivity (Wildman–Crippen MR) is 65.3 cm³/mol. The number of carbonyl (C=O) groups is 1. The first kappa shape index (κ1) is 17.2. The number of rotatable bonds is 8. The number of hydrogen-bond acceptors (Lipinski definition) is 2. The Morgan fingerprint density at radius 1 is 1.22 bits per heavy atom. The normalized spacial score (nSPS) is 15.2. The fourth-order valence-corrected chi connectivity index (χ4v) is 1.33. The van der Waals surface area contributed by atoms with Crippen LogP contribution in [0.25, 0.3) is 0 Å². The fraction of sp³-hybridized carbons (Fsp3) is 0.917. The molecule has 108 valence electrons. The minimum atomic E-state index is -4.08. The van der Waals surface area contributed by atoms with E-state index in [4.69, 9.17) is 0 Å². The van der Waals surface area contributed by atoms with E-state index in [1.807, 2.05) is 13.8 Å². The second-order valence-electron chi connectivity index (χ2n) is 4.57. The first-order valence-electron chi connectivity index (χ1n) is 6.36. The van der Waals surface area contributed by atoms with E-state index in [1.165, 1.54) is 0 Å². The Labute approximate surface area is 107 Å². The van der Waals surface area contributed by atoms with Crippen LogP contribution in [-0.4, -0.2) is 30.7 Å². The number of unbranched alkanes of at least 4 members (excludes halogenated alkanes) is 1. The van der Waals surface area contributed by atoms with Gasteiger partial charge in [0.05, 0.1) is 6.04 Å². The van der Waals surface area contributed by atoms with E-state index in [-0.39, 0.29) is 24.4 Å². The van der Waals surface area contributed by atoms with E-state index in [1.54, 1.807) is 6.92 Å². The molecule has 0 saturated carbocycles. The molecular formula is C12H23F3N2O. The summed E-state index contributed by atoms with van der Waals surface area (Å²) >= 11 is 0. The summed E-state index contributed by atoms with van der Waals surface area (Å²) in [5.41, 5.74) is 0. The average molecular weight is 268 g/mol. The van der Waals surface area contributed by atoms with Gasteiger partial charge in [-0.1, -0.05) is 6.92 Å². The standard InChI is InChI=1S/C12H23F3N2O/c1-4-9(2)17-11(18)10(3)16-8-6-5-7-12(13,14)15/h9-10,16H,4-8H2,1-3H3,(H,17,18). The van der Waals surface area contributed by atoms with Crippen molar-refractivity contribution in [2.75, 3.05) is 6.54 Å². The van der Waals surface area contributed by atoms with Gasteiger partial charge in [-0.05, 0) is 39.7 Å². The minimum Gasteiger partial charge on any atom is -0.352 e. The van der Waals surface area contributed by atoms with Crippen molar-refractivity contribution in [3.63, 3.8) is 0 Å². The first-order valence-corrected chi connectivity index (χ1v) is 6.36. The largest absolute Gasteiger partial charge is 0.389 e. The number of alkyl halides is 3. The van der Waals surface area contributed by atoms with Gasteiger partial charge in [-0.15, -0.1) is 0 Å². The molecule has 6 heteroatoms. The number of amides is 1. The maximum Gasteiger partial charge on any atom is 0.389 e. The third-order valence-electron chi connectivity index (χ3n) is 2.73. The van der Waals surface area contributed by atoms with Gasteiger partial charge in [-0.2, -0.15) is 13.2 Å². The van der Waals surface area contributed by atoms with Crippen molar-refractivity contribution >= 4 is 5.91 Å². The molecule has 0 aliphatic rings. The number of carbonyl (C=O) groups excluding carboxylic acids is 1. The third-order valence-corrected chi connectivity index (χ3v) is 2.73. The maximum atomic E-state index is 11.9. The van der Waals surface area contributed by atoms with E-state index >= 15 is 0 Å². The lowest BCUT2D eigenvalue weighted by molar-refractivity contribution is -0.135. The molecule has 0 aliphatic carbocycles. The molecule has 2 atom stereocenters. The van der Waals surface area contributed by atoms with Gasteiger partial charge in [0.1, 0.15) is 0 Å². The third kappa shape index (κ3) is 9.27. The van der Waals surface area contributed by atoms with Crippen molar-refractivity contribution in [3.8, 4) is 0 Å². The molecule has 0 aromatic heterocycles. The predicted octanol–water partition coefficient (Wildman–Crippen LogP) is 2.61. The molecule has 18 heavy (non-hydrogen) atoms. The second kappa shape index (κ2) is 8.34. The fourth-order valence-electron chi connectivity index (χ4n) is 1.33. The topological polar surface area (TPSA) is 41.1 Å². The zero-order valence-corrected chi connectivity index (χ0v) is 11.2. The van der Waals surface area contributed by atoms with E-state index in [2.05, 4.69) is 10.6 Å². The van der Waals surface area contributed by atoms with Crippen molar-refractivity contribution in [3.05, 3.63) is 0 Å². The molecule has 0 fully saturated rings. The Balaban J connectivity index is 3.64. The lowest BCUT2D eigenvalue weighted by Crippen LogP contribution is -2.45. The summed E-state index contributed by atoms with van der Waals surface area (Å²) < 4.78 is 35.6. The first-order chi connectivity index (χ1) is 8.26. The van der Waals surface area contributed by atoms with Crippen molar-refractivity contribution in [2.45, 2.75) is 64.7 Å². The number of halogens is 3. The molecule has 2 unspecified atom stereocenters. The van der Waals surface area contributed by atoms with Gasteiger partial charge < -0.3 is 10.6 Å². The lowest BCUT2D eigenvalue weighted by Gasteiger charge is -2.17. The Morgan fingerprint density at radius 2 is 1.83 bits per heavy atom. The van der Waals surface area contributed by atoms with Gasteiger partial charge in [0.15, 0.2) is 0 Å². The van der Waals surface area contributed by atoms with Crippen molar-refractivity contribution in [1.29, 1.82) is 0 Å². The van der Waals surface area contributed by atoms with Crippen molar-refractivity contribution in [1.82, 2.24) is 10.6 Å². The van der Waals surface area contributed by atoms with E-state index in [0.717, 1.165) is 6.42 Å². The van der Waals surface area contributed by atoms with Gasteiger partial charge in [-0.25, -0.2) is 0 Å². The summed E-state index contributed by atoms with van der Waals surface area (Å²) in [6.07, 6.45) is -3.48. The monoisotopic (exact) mass is 268 g/mol. The van der Waals surface area contributed by atoms with Crippen molar-refractivity contribution in [2.24, 2.45) is 0 Å². The summed E-state index contributed by atoms with van der Waals surface area (Å²) in [5.74, 6) is -0.111. The summed E-state index contributed by atoms with van der Waals surface area (Å²) in [4.78, 5) is 11.6. The molecule has 0 rings (SSSR count). The van der Waals surface area contributed by atoms with Crippen LogP contribution in [0.4, 0.5) is 13.2 Å². The second-order valence-corrected chi connectivity index (χ2v) is 4.57. The lowest BCUT2D eigenvalue weighted by atomic mass is 10.2. The molecular weight excluding hydrogens is 245 g/mol. The Morgan fingerprint density at radius 3 is 2.33 bits per heavy atom. The van der Waals surface area contributed by atoms with Crippen LogP contribution in [0, 0.1) is 0 Å². The van der Waals surface area contributed by atoms with Crippen LogP contribution < -0.4 is 10.6 Å². The van der Waals surface area contributed by atoms with E-state index < -0.39 is 12.6 Å². The van der Waals surface area contributed by atoms with Crippen LogP contribution in [0.2, 0.25) is 0 Å². The van der Waals surface area contributed by atoms with Crippen LogP contribution in [-0.2, 0) is 4.79 Å².